The van der Waals surface area contributed by atoms with Crippen LogP contribution in [0.3, 0.4) is 0 Å². The van der Waals surface area contributed by atoms with E-state index in [2.05, 4.69) is 23.0 Å². The predicted octanol–water partition coefficient (Wildman–Crippen LogP) is 3.92. The Morgan fingerprint density at radius 1 is 0.962 bits per heavy atom. The van der Waals surface area contributed by atoms with Gasteiger partial charge < -0.3 is 0 Å². The minimum Gasteiger partial charge on any atom is -0.273 e. The Hall–Kier alpha value is -1.49. The number of hydrogen-bond donors (Lipinski definition) is 2. The Morgan fingerprint density at radius 2 is 1.58 bits per heavy atom. The van der Waals surface area contributed by atoms with Crippen molar-refractivity contribution in [3.05, 3.63) is 30.3 Å². The standard InChI is InChI=1S/C21H28N2O2S/c24-19(7-4-8-26-18-5-2-1-3-6-18)22-23-20(25)21-12-15-9-16(13-21)11-17(10-15)14-21/h1-3,5-6,15-17H,4,7-14H2,(H,22,24)(H,23,25). The lowest BCUT2D eigenvalue weighted by atomic mass is 9.49. The second-order valence-electron chi connectivity index (χ2n) is 8.47. The highest BCUT2D eigenvalue weighted by atomic mass is 32.2. The van der Waals surface area contributed by atoms with Gasteiger partial charge in [0.2, 0.25) is 11.8 Å². The minimum absolute atomic E-state index is 0.0589. The lowest BCUT2D eigenvalue weighted by molar-refractivity contribution is -0.148. The van der Waals surface area contributed by atoms with Crippen molar-refractivity contribution in [1.29, 1.82) is 0 Å². The fraction of sp³-hybridized carbons (Fsp3) is 0.619. The van der Waals surface area contributed by atoms with E-state index in [-0.39, 0.29) is 17.2 Å². The molecule has 4 aliphatic rings. The summed E-state index contributed by atoms with van der Waals surface area (Å²) in [6, 6.07) is 10.2. The summed E-state index contributed by atoms with van der Waals surface area (Å²) in [6.45, 7) is 0. The number of amides is 2. The summed E-state index contributed by atoms with van der Waals surface area (Å²) in [5.41, 5.74) is 5.21. The van der Waals surface area contributed by atoms with Gasteiger partial charge in [-0.1, -0.05) is 18.2 Å². The highest BCUT2D eigenvalue weighted by Crippen LogP contribution is 2.60. The largest absolute Gasteiger partial charge is 0.273 e. The molecular formula is C21H28N2O2S. The Kier molecular flexibility index (Phi) is 5.25. The second-order valence-corrected chi connectivity index (χ2v) is 9.63. The molecule has 140 valence electrons. The van der Waals surface area contributed by atoms with Crippen molar-refractivity contribution >= 4 is 23.6 Å². The predicted molar refractivity (Wildman–Crippen MR) is 103 cm³/mol. The topological polar surface area (TPSA) is 58.2 Å². The van der Waals surface area contributed by atoms with Gasteiger partial charge in [0.25, 0.3) is 0 Å². The number of carbonyl (C=O) groups excluding carboxylic acids is 2. The highest BCUT2D eigenvalue weighted by Gasteiger charge is 2.54. The Balaban J connectivity index is 1.18. The van der Waals surface area contributed by atoms with E-state index in [9.17, 15) is 9.59 Å². The summed E-state index contributed by atoms with van der Waals surface area (Å²) in [5, 5.41) is 0. The third-order valence-electron chi connectivity index (χ3n) is 6.40. The first-order chi connectivity index (χ1) is 12.6. The molecule has 0 radical (unpaired) electrons. The molecule has 2 amide bonds. The first kappa shape index (κ1) is 17.9. The zero-order chi connectivity index (χ0) is 18.0. The lowest BCUT2D eigenvalue weighted by Crippen LogP contribution is -2.56. The molecule has 0 heterocycles. The van der Waals surface area contributed by atoms with Crippen molar-refractivity contribution in [1.82, 2.24) is 10.9 Å². The maximum absolute atomic E-state index is 12.8. The summed E-state index contributed by atoms with van der Waals surface area (Å²) in [5.74, 6) is 3.08. The van der Waals surface area contributed by atoms with E-state index in [1.54, 1.807) is 11.8 Å². The van der Waals surface area contributed by atoms with Crippen molar-refractivity contribution < 1.29 is 9.59 Å². The van der Waals surface area contributed by atoms with E-state index < -0.39 is 0 Å². The number of thioether (sulfide) groups is 1. The summed E-state index contributed by atoms with van der Waals surface area (Å²) in [7, 11) is 0. The summed E-state index contributed by atoms with van der Waals surface area (Å²) in [6.07, 6.45) is 8.27. The van der Waals surface area contributed by atoms with E-state index in [1.807, 2.05) is 18.2 Å². The molecule has 5 rings (SSSR count). The van der Waals surface area contributed by atoms with Crippen LogP contribution in [0, 0.1) is 23.2 Å². The third kappa shape index (κ3) is 3.93. The van der Waals surface area contributed by atoms with Gasteiger partial charge in [-0.15, -0.1) is 11.8 Å². The molecule has 0 aromatic heterocycles. The number of hydrazine groups is 1. The number of rotatable bonds is 6. The van der Waals surface area contributed by atoms with Gasteiger partial charge in [-0.2, -0.15) is 0 Å². The van der Waals surface area contributed by atoms with Crippen molar-refractivity contribution in [2.24, 2.45) is 23.2 Å². The highest BCUT2D eigenvalue weighted by molar-refractivity contribution is 7.99. The molecule has 0 unspecified atom stereocenters. The number of nitrogens with one attached hydrogen (secondary N) is 2. The lowest BCUT2D eigenvalue weighted by Gasteiger charge is -2.55. The molecule has 4 nitrogen and oxygen atoms in total. The van der Waals surface area contributed by atoms with Crippen LogP contribution in [0.1, 0.15) is 51.4 Å². The van der Waals surface area contributed by atoms with Gasteiger partial charge in [0.1, 0.15) is 0 Å². The molecule has 5 heteroatoms. The van der Waals surface area contributed by atoms with Gasteiger partial charge in [-0.3, -0.25) is 20.4 Å². The fourth-order valence-electron chi connectivity index (χ4n) is 5.65. The average molecular weight is 373 g/mol. The van der Waals surface area contributed by atoms with Crippen molar-refractivity contribution in [2.45, 2.75) is 56.3 Å². The van der Waals surface area contributed by atoms with Crippen molar-refractivity contribution in [2.75, 3.05) is 5.75 Å². The summed E-state index contributed by atoms with van der Waals surface area (Å²) < 4.78 is 0. The molecule has 4 saturated carbocycles. The monoisotopic (exact) mass is 372 g/mol. The Labute approximate surface area is 159 Å². The molecule has 0 atom stereocenters. The molecule has 4 aliphatic carbocycles. The molecule has 0 aliphatic heterocycles. The van der Waals surface area contributed by atoms with Crippen LogP contribution in [0.25, 0.3) is 0 Å². The maximum atomic E-state index is 12.8. The van der Waals surface area contributed by atoms with E-state index in [4.69, 9.17) is 0 Å². The zero-order valence-electron chi connectivity index (χ0n) is 15.2. The van der Waals surface area contributed by atoms with Crippen LogP contribution < -0.4 is 10.9 Å². The number of hydrogen-bond acceptors (Lipinski definition) is 3. The SMILES string of the molecule is O=C(CCCSc1ccccc1)NNC(=O)C12CC3CC(CC(C3)C1)C2. The van der Waals surface area contributed by atoms with Gasteiger partial charge in [0, 0.05) is 11.3 Å². The first-order valence-corrected chi connectivity index (χ1v) is 10.9. The van der Waals surface area contributed by atoms with Crippen LogP contribution in [0.4, 0.5) is 0 Å². The van der Waals surface area contributed by atoms with Crippen LogP contribution in [0.15, 0.2) is 35.2 Å². The normalized spacial score (nSPS) is 31.6. The van der Waals surface area contributed by atoms with E-state index in [1.165, 1.54) is 24.2 Å². The van der Waals surface area contributed by atoms with Crippen LogP contribution >= 0.6 is 11.8 Å². The molecule has 1 aromatic rings. The van der Waals surface area contributed by atoms with Gasteiger partial charge in [0.15, 0.2) is 0 Å². The van der Waals surface area contributed by atoms with Crippen LogP contribution in [-0.4, -0.2) is 17.6 Å². The second kappa shape index (κ2) is 7.63. The maximum Gasteiger partial charge on any atom is 0.244 e. The van der Waals surface area contributed by atoms with Gasteiger partial charge in [0.05, 0.1) is 5.41 Å². The van der Waals surface area contributed by atoms with Crippen LogP contribution in [0.5, 0.6) is 0 Å². The van der Waals surface area contributed by atoms with E-state index in [0.717, 1.165) is 49.2 Å². The average Bonchev–Trinajstić information content (AvgIpc) is 2.63. The van der Waals surface area contributed by atoms with Gasteiger partial charge >= 0.3 is 0 Å². The van der Waals surface area contributed by atoms with Crippen molar-refractivity contribution in [3.8, 4) is 0 Å². The minimum atomic E-state index is -0.203. The van der Waals surface area contributed by atoms with Crippen molar-refractivity contribution in [3.63, 3.8) is 0 Å². The molecule has 4 fully saturated rings. The van der Waals surface area contributed by atoms with Crippen LogP contribution in [-0.2, 0) is 9.59 Å². The van der Waals surface area contributed by atoms with E-state index >= 15 is 0 Å². The Morgan fingerprint density at radius 3 is 2.19 bits per heavy atom. The first-order valence-electron chi connectivity index (χ1n) is 9.90. The molecule has 0 saturated heterocycles. The molecule has 1 aromatic carbocycles. The number of carbonyl (C=O) groups is 2. The Bertz CT molecular complexity index is 626. The molecular weight excluding hydrogens is 344 g/mol. The summed E-state index contributed by atoms with van der Waals surface area (Å²) in [4.78, 5) is 26.1. The van der Waals surface area contributed by atoms with E-state index in [0.29, 0.717) is 6.42 Å². The third-order valence-corrected chi connectivity index (χ3v) is 7.49. The summed E-state index contributed by atoms with van der Waals surface area (Å²) >= 11 is 1.76. The molecule has 26 heavy (non-hydrogen) atoms. The molecule has 4 bridgehead atoms. The quantitative estimate of drug-likeness (QED) is 0.452. The van der Waals surface area contributed by atoms with Gasteiger partial charge in [-0.25, -0.2) is 0 Å². The smallest absolute Gasteiger partial charge is 0.244 e. The zero-order valence-corrected chi connectivity index (χ0v) is 16.0. The van der Waals surface area contributed by atoms with Crippen LogP contribution in [0.2, 0.25) is 0 Å². The fourth-order valence-corrected chi connectivity index (χ4v) is 6.52. The van der Waals surface area contributed by atoms with Gasteiger partial charge in [-0.05, 0) is 80.6 Å². The number of benzene rings is 1. The molecule has 0 spiro atoms. The molecule has 2 N–H and O–H groups in total.